The highest BCUT2D eigenvalue weighted by atomic mass is 16.1. The van der Waals surface area contributed by atoms with Gasteiger partial charge in [-0.05, 0) is 43.6 Å². The van der Waals surface area contributed by atoms with E-state index in [1.165, 1.54) is 50.5 Å². The zero-order valence-corrected chi connectivity index (χ0v) is 10.6. The van der Waals surface area contributed by atoms with Crippen LogP contribution in [0.2, 0.25) is 0 Å². The standard InChI is InChI=1S/C15H24O/c1-2-3-4-5-7-12-10-11-14-13(12)8-6-9-15(14)16/h12H,2-11H2,1H3. The molecule has 0 amide bonds. The first-order valence-corrected chi connectivity index (χ1v) is 7.08. The van der Waals surface area contributed by atoms with E-state index in [2.05, 4.69) is 6.92 Å². The van der Waals surface area contributed by atoms with Crippen molar-refractivity contribution < 1.29 is 4.79 Å². The maximum absolute atomic E-state index is 11.7. The average molecular weight is 220 g/mol. The maximum atomic E-state index is 11.7. The summed E-state index contributed by atoms with van der Waals surface area (Å²) in [7, 11) is 0. The first-order chi connectivity index (χ1) is 7.83. The SMILES string of the molecule is CCCCCCC1CCC2=C1CCCC2=O. The second-order valence-corrected chi connectivity index (χ2v) is 5.37. The Labute approximate surface area is 99.3 Å². The van der Waals surface area contributed by atoms with Gasteiger partial charge in [0.25, 0.3) is 0 Å². The van der Waals surface area contributed by atoms with Crippen molar-refractivity contribution in [2.24, 2.45) is 5.92 Å². The van der Waals surface area contributed by atoms with Crippen LogP contribution in [-0.4, -0.2) is 5.78 Å². The summed E-state index contributed by atoms with van der Waals surface area (Å²) in [6, 6.07) is 0. The van der Waals surface area contributed by atoms with E-state index < -0.39 is 0 Å². The Morgan fingerprint density at radius 2 is 2.00 bits per heavy atom. The molecule has 0 spiro atoms. The molecule has 90 valence electrons. The van der Waals surface area contributed by atoms with Crippen LogP contribution in [0.25, 0.3) is 0 Å². The van der Waals surface area contributed by atoms with Crippen molar-refractivity contribution in [3.8, 4) is 0 Å². The minimum absolute atomic E-state index is 0.470. The molecule has 0 heterocycles. The van der Waals surface area contributed by atoms with Crippen LogP contribution in [0.15, 0.2) is 11.1 Å². The third-order valence-corrected chi connectivity index (χ3v) is 4.22. The molecule has 1 nitrogen and oxygen atoms in total. The van der Waals surface area contributed by atoms with Crippen molar-refractivity contribution in [3.05, 3.63) is 11.1 Å². The van der Waals surface area contributed by atoms with E-state index in [1.807, 2.05) is 0 Å². The first kappa shape index (κ1) is 11.9. The number of unbranched alkanes of at least 4 members (excludes halogenated alkanes) is 3. The zero-order valence-electron chi connectivity index (χ0n) is 10.6. The Balaban J connectivity index is 1.85. The number of hydrogen-bond acceptors (Lipinski definition) is 1. The molecule has 1 unspecified atom stereocenters. The quantitative estimate of drug-likeness (QED) is 0.627. The van der Waals surface area contributed by atoms with E-state index in [-0.39, 0.29) is 0 Å². The summed E-state index contributed by atoms with van der Waals surface area (Å²) in [5.41, 5.74) is 2.81. The molecule has 16 heavy (non-hydrogen) atoms. The highest BCUT2D eigenvalue weighted by Gasteiger charge is 2.30. The van der Waals surface area contributed by atoms with Gasteiger partial charge in [0, 0.05) is 6.42 Å². The van der Waals surface area contributed by atoms with Gasteiger partial charge in [-0.25, -0.2) is 0 Å². The van der Waals surface area contributed by atoms with E-state index in [0.717, 1.165) is 25.2 Å². The van der Waals surface area contributed by atoms with Crippen molar-refractivity contribution in [2.75, 3.05) is 0 Å². The first-order valence-electron chi connectivity index (χ1n) is 7.08. The van der Waals surface area contributed by atoms with E-state index >= 15 is 0 Å². The maximum Gasteiger partial charge on any atom is 0.158 e. The van der Waals surface area contributed by atoms with Crippen LogP contribution in [0.5, 0.6) is 0 Å². The summed E-state index contributed by atoms with van der Waals surface area (Å²) in [5.74, 6) is 1.24. The molecule has 1 atom stereocenters. The number of Topliss-reactive ketones (excluding diaryl/α,β-unsaturated/α-hetero) is 1. The Morgan fingerprint density at radius 3 is 2.81 bits per heavy atom. The molecular formula is C15H24O. The van der Waals surface area contributed by atoms with Gasteiger partial charge in [-0.1, -0.05) is 38.2 Å². The van der Waals surface area contributed by atoms with E-state index in [1.54, 1.807) is 5.57 Å². The topological polar surface area (TPSA) is 17.1 Å². The third-order valence-electron chi connectivity index (χ3n) is 4.22. The molecule has 0 aromatic carbocycles. The zero-order chi connectivity index (χ0) is 11.4. The summed E-state index contributed by atoms with van der Waals surface area (Å²) in [4.78, 5) is 11.7. The second-order valence-electron chi connectivity index (χ2n) is 5.37. The minimum atomic E-state index is 0.470. The lowest BCUT2D eigenvalue weighted by atomic mass is 9.86. The van der Waals surface area contributed by atoms with Gasteiger partial charge >= 0.3 is 0 Å². The van der Waals surface area contributed by atoms with Crippen molar-refractivity contribution in [3.63, 3.8) is 0 Å². The monoisotopic (exact) mass is 220 g/mol. The van der Waals surface area contributed by atoms with Crippen LogP contribution >= 0.6 is 0 Å². The lowest BCUT2D eigenvalue weighted by Gasteiger charge is -2.18. The van der Waals surface area contributed by atoms with Crippen LogP contribution in [0.1, 0.15) is 71.1 Å². The number of carbonyl (C=O) groups excluding carboxylic acids is 1. The van der Waals surface area contributed by atoms with Crippen LogP contribution in [0, 0.1) is 5.92 Å². The largest absolute Gasteiger partial charge is 0.295 e. The lowest BCUT2D eigenvalue weighted by Crippen LogP contribution is -2.10. The fourth-order valence-corrected chi connectivity index (χ4v) is 3.30. The summed E-state index contributed by atoms with van der Waals surface area (Å²) in [6.45, 7) is 2.26. The van der Waals surface area contributed by atoms with Gasteiger partial charge in [-0.15, -0.1) is 0 Å². The van der Waals surface area contributed by atoms with Crippen LogP contribution in [0.4, 0.5) is 0 Å². The number of allylic oxidation sites excluding steroid dienone is 2. The van der Waals surface area contributed by atoms with E-state index in [0.29, 0.717) is 5.78 Å². The third kappa shape index (κ3) is 2.56. The Kier molecular flexibility index (Phi) is 4.20. The molecule has 0 aromatic rings. The Hall–Kier alpha value is -0.590. The fraction of sp³-hybridized carbons (Fsp3) is 0.800. The molecule has 2 aliphatic rings. The number of carbonyl (C=O) groups is 1. The average Bonchev–Trinajstić information content (AvgIpc) is 2.70. The normalized spacial score (nSPS) is 25.1. The minimum Gasteiger partial charge on any atom is -0.295 e. The number of hydrogen-bond donors (Lipinski definition) is 0. The van der Waals surface area contributed by atoms with Crippen molar-refractivity contribution >= 4 is 5.78 Å². The second kappa shape index (κ2) is 5.65. The van der Waals surface area contributed by atoms with Gasteiger partial charge in [0.05, 0.1) is 0 Å². The summed E-state index contributed by atoms with van der Waals surface area (Å²) in [6.07, 6.45) is 12.3. The van der Waals surface area contributed by atoms with Gasteiger partial charge in [0.2, 0.25) is 0 Å². The molecule has 0 saturated carbocycles. The molecule has 1 heteroatoms. The molecule has 2 rings (SSSR count). The smallest absolute Gasteiger partial charge is 0.158 e. The number of ketones is 1. The Morgan fingerprint density at radius 1 is 1.12 bits per heavy atom. The van der Waals surface area contributed by atoms with Crippen molar-refractivity contribution in [1.29, 1.82) is 0 Å². The predicted octanol–water partition coefficient (Wildman–Crippen LogP) is 4.42. The fourth-order valence-electron chi connectivity index (χ4n) is 3.30. The van der Waals surface area contributed by atoms with Crippen LogP contribution in [-0.2, 0) is 4.79 Å². The Bertz CT molecular complexity index is 288. The van der Waals surface area contributed by atoms with Gasteiger partial charge in [0.1, 0.15) is 0 Å². The molecule has 0 aliphatic heterocycles. The summed E-state index contributed by atoms with van der Waals surface area (Å²) in [5, 5.41) is 0. The van der Waals surface area contributed by atoms with E-state index in [4.69, 9.17) is 0 Å². The molecule has 0 aromatic heterocycles. The highest BCUT2D eigenvalue weighted by molar-refractivity contribution is 5.97. The molecule has 0 N–H and O–H groups in total. The molecule has 0 saturated heterocycles. The number of rotatable bonds is 5. The molecule has 2 aliphatic carbocycles. The van der Waals surface area contributed by atoms with Crippen molar-refractivity contribution in [2.45, 2.75) is 71.1 Å². The summed E-state index contributed by atoms with van der Waals surface area (Å²) >= 11 is 0. The molecule has 0 radical (unpaired) electrons. The molecular weight excluding hydrogens is 196 g/mol. The lowest BCUT2D eigenvalue weighted by molar-refractivity contribution is -0.116. The van der Waals surface area contributed by atoms with Gasteiger partial charge in [0.15, 0.2) is 5.78 Å². The predicted molar refractivity (Wildman–Crippen MR) is 67.4 cm³/mol. The van der Waals surface area contributed by atoms with Crippen molar-refractivity contribution in [1.82, 2.24) is 0 Å². The van der Waals surface area contributed by atoms with Gasteiger partial charge in [-0.3, -0.25) is 4.79 Å². The highest BCUT2D eigenvalue weighted by Crippen LogP contribution is 2.41. The summed E-state index contributed by atoms with van der Waals surface area (Å²) < 4.78 is 0. The van der Waals surface area contributed by atoms with Crippen LogP contribution in [0.3, 0.4) is 0 Å². The van der Waals surface area contributed by atoms with E-state index in [9.17, 15) is 4.79 Å². The van der Waals surface area contributed by atoms with Gasteiger partial charge < -0.3 is 0 Å². The molecule has 0 bridgehead atoms. The van der Waals surface area contributed by atoms with Gasteiger partial charge in [-0.2, -0.15) is 0 Å². The van der Waals surface area contributed by atoms with Crippen LogP contribution < -0.4 is 0 Å². The molecule has 0 fully saturated rings.